The van der Waals surface area contributed by atoms with Crippen molar-refractivity contribution in [1.82, 2.24) is 4.90 Å². The van der Waals surface area contributed by atoms with Crippen molar-refractivity contribution in [2.45, 2.75) is 52.0 Å². The van der Waals surface area contributed by atoms with Crippen LogP contribution >= 0.6 is 11.3 Å². The van der Waals surface area contributed by atoms with E-state index in [9.17, 15) is 15.2 Å². The highest BCUT2D eigenvalue weighted by Crippen LogP contribution is 2.37. The van der Waals surface area contributed by atoms with Crippen molar-refractivity contribution in [2.75, 3.05) is 18.5 Å². The Labute approximate surface area is 175 Å². The van der Waals surface area contributed by atoms with Crippen LogP contribution in [0, 0.1) is 11.3 Å². The van der Waals surface area contributed by atoms with E-state index in [1.807, 2.05) is 56.0 Å². The van der Waals surface area contributed by atoms with Gasteiger partial charge in [0.15, 0.2) is 0 Å². The highest BCUT2D eigenvalue weighted by molar-refractivity contribution is 7.16. The van der Waals surface area contributed by atoms with E-state index in [1.54, 1.807) is 0 Å². The van der Waals surface area contributed by atoms with Gasteiger partial charge in [-0.2, -0.15) is 5.26 Å². The zero-order valence-electron chi connectivity index (χ0n) is 17.1. The quantitative estimate of drug-likeness (QED) is 0.678. The summed E-state index contributed by atoms with van der Waals surface area (Å²) in [6.07, 6.45) is 0.00893. The number of hydrogen-bond acceptors (Lipinski definition) is 6. The number of nitriles is 1. The molecule has 0 bridgehead atoms. The van der Waals surface area contributed by atoms with E-state index in [-0.39, 0.29) is 11.3 Å². The molecule has 29 heavy (non-hydrogen) atoms. The molecule has 1 aliphatic heterocycles. The van der Waals surface area contributed by atoms with Crippen LogP contribution in [-0.2, 0) is 27.9 Å². The monoisotopic (exact) mass is 413 g/mol. The van der Waals surface area contributed by atoms with Crippen molar-refractivity contribution in [1.29, 1.82) is 5.26 Å². The number of carbonyl (C=O) groups is 1. The summed E-state index contributed by atoms with van der Waals surface area (Å²) in [5.74, 6) is -0.111. The van der Waals surface area contributed by atoms with E-state index in [4.69, 9.17) is 4.74 Å². The fraction of sp³-hybridized carbons (Fsp3) is 0.455. The van der Waals surface area contributed by atoms with Crippen molar-refractivity contribution >= 4 is 22.2 Å². The molecule has 1 unspecified atom stereocenters. The van der Waals surface area contributed by atoms with Crippen LogP contribution in [0.15, 0.2) is 30.3 Å². The minimum absolute atomic E-state index is 0.111. The van der Waals surface area contributed by atoms with Gasteiger partial charge in [-0.3, -0.25) is 4.79 Å². The molecule has 154 valence electrons. The van der Waals surface area contributed by atoms with Gasteiger partial charge >= 0.3 is 0 Å². The van der Waals surface area contributed by atoms with Gasteiger partial charge < -0.3 is 15.2 Å². The van der Waals surface area contributed by atoms with Gasteiger partial charge in [0, 0.05) is 31.0 Å². The largest absolute Gasteiger partial charge is 0.356 e. The van der Waals surface area contributed by atoms with E-state index in [0.717, 1.165) is 16.0 Å². The first kappa shape index (κ1) is 21.5. The molecule has 0 spiro atoms. The molecule has 1 aliphatic rings. The molecule has 2 heterocycles. The minimum atomic E-state index is -0.953. The van der Waals surface area contributed by atoms with Gasteiger partial charge in [0.25, 0.3) is 0 Å². The first-order valence-electron chi connectivity index (χ1n) is 9.79. The Morgan fingerprint density at radius 3 is 2.79 bits per heavy atom. The molecule has 1 aromatic heterocycles. The number of hydrogen-bond donors (Lipinski definition) is 2. The van der Waals surface area contributed by atoms with Gasteiger partial charge in [0.1, 0.15) is 11.1 Å². The lowest BCUT2D eigenvalue weighted by Crippen LogP contribution is -2.40. The van der Waals surface area contributed by atoms with Crippen LogP contribution in [0.3, 0.4) is 0 Å². The Morgan fingerprint density at radius 2 is 2.14 bits per heavy atom. The number of fused-ring (bicyclic) bond motifs is 1. The molecule has 0 aliphatic carbocycles. The molecule has 0 fully saturated rings. The van der Waals surface area contributed by atoms with Crippen molar-refractivity contribution in [3.05, 3.63) is 51.9 Å². The predicted molar refractivity (Wildman–Crippen MR) is 113 cm³/mol. The SMILES string of the molecule is CCOC(O)N1CCc2c(sc(NC(=O)CC(C)(C)c3ccccc3)c2C#N)C1. The molecule has 1 atom stereocenters. The number of nitrogens with zero attached hydrogens (tertiary/aromatic N) is 2. The molecule has 2 aromatic rings. The average Bonchev–Trinajstić information content (AvgIpc) is 3.04. The summed E-state index contributed by atoms with van der Waals surface area (Å²) >= 11 is 1.41. The Balaban J connectivity index is 1.74. The van der Waals surface area contributed by atoms with Gasteiger partial charge in [-0.05, 0) is 29.9 Å². The third kappa shape index (κ3) is 4.85. The zero-order valence-corrected chi connectivity index (χ0v) is 17.9. The number of rotatable bonds is 7. The lowest BCUT2D eigenvalue weighted by molar-refractivity contribution is -0.194. The lowest BCUT2D eigenvalue weighted by Gasteiger charge is -2.30. The Kier molecular flexibility index (Phi) is 6.70. The highest BCUT2D eigenvalue weighted by atomic mass is 32.1. The summed E-state index contributed by atoms with van der Waals surface area (Å²) in [5, 5.41) is 23.3. The number of carbonyl (C=O) groups excluding carboxylic acids is 1. The van der Waals surface area contributed by atoms with Crippen LogP contribution in [0.1, 0.15) is 48.8 Å². The second-order valence-electron chi connectivity index (χ2n) is 7.80. The molecule has 7 heteroatoms. The normalized spacial score (nSPS) is 15.4. The summed E-state index contributed by atoms with van der Waals surface area (Å²) in [4.78, 5) is 15.6. The molecule has 2 N–H and O–H groups in total. The molecule has 1 aromatic carbocycles. The number of aliphatic hydroxyl groups excluding tert-OH is 1. The van der Waals surface area contributed by atoms with Gasteiger partial charge in [-0.15, -0.1) is 11.3 Å². The van der Waals surface area contributed by atoms with E-state index < -0.39 is 6.41 Å². The zero-order chi connectivity index (χ0) is 21.0. The van der Waals surface area contributed by atoms with Crippen molar-refractivity contribution in [2.24, 2.45) is 0 Å². The maximum absolute atomic E-state index is 12.8. The minimum Gasteiger partial charge on any atom is -0.356 e. The second-order valence-corrected chi connectivity index (χ2v) is 8.90. The van der Waals surface area contributed by atoms with Gasteiger partial charge in [0.05, 0.1) is 5.56 Å². The predicted octanol–water partition coefficient (Wildman–Crippen LogP) is 3.60. The molecule has 0 saturated carbocycles. The first-order valence-corrected chi connectivity index (χ1v) is 10.6. The van der Waals surface area contributed by atoms with E-state index in [2.05, 4.69) is 11.4 Å². The van der Waals surface area contributed by atoms with E-state index in [1.165, 1.54) is 11.3 Å². The van der Waals surface area contributed by atoms with Crippen LogP contribution in [0.2, 0.25) is 0 Å². The van der Waals surface area contributed by atoms with Gasteiger partial charge in [0.2, 0.25) is 12.3 Å². The number of benzene rings is 1. The van der Waals surface area contributed by atoms with Gasteiger partial charge in [-0.1, -0.05) is 44.2 Å². The summed E-state index contributed by atoms with van der Waals surface area (Å²) in [7, 11) is 0. The van der Waals surface area contributed by atoms with Crippen LogP contribution < -0.4 is 5.32 Å². The van der Waals surface area contributed by atoms with E-state index >= 15 is 0 Å². The summed E-state index contributed by atoms with van der Waals surface area (Å²) in [6.45, 7) is 7.45. The number of nitrogens with one attached hydrogen (secondary N) is 1. The number of amides is 1. The molecule has 3 rings (SSSR count). The molecule has 0 radical (unpaired) electrons. The summed E-state index contributed by atoms with van der Waals surface area (Å²) < 4.78 is 5.27. The van der Waals surface area contributed by atoms with Crippen LogP contribution in [0.4, 0.5) is 5.00 Å². The average molecular weight is 414 g/mol. The van der Waals surface area contributed by atoms with Crippen molar-refractivity contribution in [3.8, 4) is 6.07 Å². The smallest absolute Gasteiger partial charge is 0.225 e. The third-order valence-electron chi connectivity index (χ3n) is 5.24. The van der Waals surface area contributed by atoms with Crippen molar-refractivity contribution in [3.63, 3.8) is 0 Å². The Hall–Kier alpha value is -2.24. The molecular weight excluding hydrogens is 386 g/mol. The fourth-order valence-corrected chi connectivity index (χ4v) is 4.88. The topological polar surface area (TPSA) is 85.6 Å². The first-order chi connectivity index (χ1) is 13.9. The highest BCUT2D eigenvalue weighted by Gasteiger charge is 2.29. The molecule has 1 amide bonds. The maximum atomic E-state index is 12.8. The number of ether oxygens (including phenoxy) is 1. The Morgan fingerprint density at radius 1 is 1.41 bits per heavy atom. The summed E-state index contributed by atoms with van der Waals surface area (Å²) in [5.41, 5.74) is 2.30. The third-order valence-corrected chi connectivity index (χ3v) is 6.37. The van der Waals surface area contributed by atoms with Crippen LogP contribution in [0.25, 0.3) is 0 Å². The summed E-state index contributed by atoms with van der Waals surface area (Å²) in [6, 6.07) is 12.2. The molecule has 6 nitrogen and oxygen atoms in total. The standard InChI is InChI=1S/C22H27N3O3S/c1-4-28-21(27)25-11-10-16-17(13-23)20(29-18(16)14-25)24-19(26)12-22(2,3)15-8-6-5-7-9-15/h5-9,21,27H,4,10-12,14H2,1-3H3,(H,24,26). The van der Waals surface area contributed by atoms with Crippen LogP contribution in [0.5, 0.6) is 0 Å². The second kappa shape index (κ2) is 9.06. The molecular formula is C22H27N3O3S. The Bertz CT molecular complexity index is 902. The van der Waals surface area contributed by atoms with Crippen molar-refractivity contribution < 1.29 is 14.6 Å². The number of anilines is 1. The van der Waals surface area contributed by atoms with Gasteiger partial charge in [-0.25, -0.2) is 4.90 Å². The van der Waals surface area contributed by atoms with Crippen LogP contribution in [-0.4, -0.2) is 35.5 Å². The van der Waals surface area contributed by atoms with E-state index in [0.29, 0.717) is 43.1 Å². The maximum Gasteiger partial charge on any atom is 0.225 e. The lowest BCUT2D eigenvalue weighted by atomic mass is 9.81. The number of aliphatic hydroxyl groups is 1. The molecule has 0 saturated heterocycles. The fourth-order valence-electron chi connectivity index (χ4n) is 3.64. The number of thiophene rings is 1.